The fraction of sp³-hybridized carbons (Fsp3) is 0.643. The van der Waals surface area contributed by atoms with Crippen molar-refractivity contribution in [1.29, 1.82) is 0 Å². The molecule has 0 aromatic rings. The van der Waals surface area contributed by atoms with Gasteiger partial charge in [-0.05, 0) is 42.7 Å². The van der Waals surface area contributed by atoms with Gasteiger partial charge in [-0.15, -0.1) is 0 Å². The molecule has 1 fully saturated rings. The molecule has 0 bridgehead atoms. The largest absolute Gasteiger partial charge is 0.299 e. The van der Waals surface area contributed by atoms with Gasteiger partial charge in [0.2, 0.25) is 0 Å². The standard InChI is InChI=1S/C14H22O/c1-3-4-5-13(10-11-15)14-8-6-12(2)7-9-14/h4-5,10-12,14H,3,6-9H2,1-2H3/b5-4-,13-10+. The van der Waals surface area contributed by atoms with Crippen LogP contribution in [-0.4, -0.2) is 6.29 Å². The number of aldehydes is 1. The molecule has 0 saturated heterocycles. The first kappa shape index (κ1) is 12.2. The van der Waals surface area contributed by atoms with Crippen molar-refractivity contribution in [3.63, 3.8) is 0 Å². The Morgan fingerprint density at radius 2 is 1.93 bits per heavy atom. The molecule has 1 aliphatic carbocycles. The van der Waals surface area contributed by atoms with Crippen LogP contribution in [0.3, 0.4) is 0 Å². The number of hydrogen-bond donors (Lipinski definition) is 0. The highest BCUT2D eigenvalue weighted by Gasteiger charge is 2.19. The Kier molecular flexibility index (Phi) is 5.38. The van der Waals surface area contributed by atoms with Crippen LogP contribution in [0.4, 0.5) is 0 Å². The van der Waals surface area contributed by atoms with Crippen molar-refractivity contribution in [1.82, 2.24) is 0 Å². The summed E-state index contributed by atoms with van der Waals surface area (Å²) < 4.78 is 0. The molecular formula is C14H22O. The fourth-order valence-corrected chi connectivity index (χ4v) is 2.25. The molecule has 0 N–H and O–H groups in total. The summed E-state index contributed by atoms with van der Waals surface area (Å²) in [7, 11) is 0. The van der Waals surface area contributed by atoms with Gasteiger partial charge in [-0.2, -0.15) is 0 Å². The highest BCUT2D eigenvalue weighted by Crippen LogP contribution is 2.33. The van der Waals surface area contributed by atoms with Crippen LogP contribution >= 0.6 is 0 Å². The van der Waals surface area contributed by atoms with Crippen LogP contribution < -0.4 is 0 Å². The Morgan fingerprint density at radius 3 is 2.47 bits per heavy atom. The first-order chi connectivity index (χ1) is 7.27. The number of hydrogen-bond acceptors (Lipinski definition) is 1. The van der Waals surface area contributed by atoms with Crippen molar-refractivity contribution < 1.29 is 4.79 Å². The van der Waals surface area contributed by atoms with E-state index in [1.165, 1.54) is 31.3 Å². The minimum atomic E-state index is 0.620. The van der Waals surface area contributed by atoms with Gasteiger partial charge in [0.25, 0.3) is 0 Å². The summed E-state index contributed by atoms with van der Waals surface area (Å²) in [6.07, 6.45) is 13.1. The predicted octanol–water partition coefficient (Wildman–Crippen LogP) is 3.90. The number of carbonyl (C=O) groups excluding carboxylic acids is 1. The third-order valence-electron chi connectivity index (χ3n) is 3.29. The number of rotatable bonds is 4. The van der Waals surface area contributed by atoms with Gasteiger partial charge in [-0.1, -0.05) is 38.8 Å². The van der Waals surface area contributed by atoms with Gasteiger partial charge in [-0.3, -0.25) is 4.79 Å². The van der Waals surface area contributed by atoms with E-state index in [-0.39, 0.29) is 0 Å². The molecule has 0 unspecified atom stereocenters. The summed E-state index contributed by atoms with van der Waals surface area (Å²) in [5.74, 6) is 1.49. The summed E-state index contributed by atoms with van der Waals surface area (Å²) in [5.41, 5.74) is 1.23. The summed E-state index contributed by atoms with van der Waals surface area (Å²) in [6, 6.07) is 0. The Hall–Kier alpha value is -0.850. The highest BCUT2D eigenvalue weighted by atomic mass is 16.1. The molecule has 1 saturated carbocycles. The molecular weight excluding hydrogens is 184 g/mol. The third kappa shape index (κ3) is 4.03. The van der Waals surface area contributed by atoms with E-state index in [1.54, 1.807) is 6.08 Å². The van der Waals surface area contributed by atoms with Gasteiger partial charge in [-0.25, -0.2) is 0 Å². The van der Waals surface area contributed by atoms with Gasteiger partial charge in [0.05, 0.1) is 0 Å². The van der Waals surface area contributed by atoms with E-state index in [4.69, 9.17) is 0 Å². The van der Waals surface area contributed by atoms with Crippen molar-refractivity contribution >= 4 is 6.29 Å². The second-order valence-corrected chi connectivity index (χ2v) is 4.57. The Balaban J connectivity index is 2.60. The van der Waals surface area contributed by atoms with Crippen molar-refractivity contribution in [3.05, 3.63) is 23.8 Å². The first-order valence-electron chi connectivity index (χ1n) is 6.09. The average Bonchev–Trinajstić information content (AvgIpc) is 2.25. The number of allylic oxidation sites excluding steroid dienone is 4. The van der Waals surface area contributed by atoms with Crippen LogP contribution in [0.25, 0.3) is 0 Å². The zero-order valence-corrected chi connectivity index (χ0v) is 9.91. The van der Waals surface area contributed by atoms with Crippen LogP contribution in [0.5, 0.6) is 0 Å². The normalized spacial score (nSPS) is 28.3. The van der Waals surface area contributed by atoms with E-state index in [2.05, 4.69) is 26.0 Å². The van der Waals surface area contributed by atoms with Crippen LogP contribution in [0.15, 0.2) is 23.8 Å². The predicted molar refractivity (Wildman–Crippen MR) is 64.7 cm³/mol. The van der Waals surface area contributed by atoms with Crippen molar-refractivity contribution in [2.24, 2.45) is 11.8 Å². The van der Waals surface area contributed by atoms with Crippen LogP contribution in [-0.2, 0) is 4.79 Å². The minimum absolute atomic E-state index is 0.620. The molecule has 15 heavy (non-hydrogen) atoms. The molecule has 1 heteroatoms. The Bertz CT molecular complexity index is 242. The molecule has 0 radical (unpaired) electrons. The highest BCUT2D eigenvalue weighted by molar-refractivity contribution is 5.67. The van der Waals surface area contributed by atoms with Gasteiger partial charge < -0.3 is 0 Å². The van der Waals surface area contributed by atoms with Crippen molar-refractivity contribution in [3.8, 4) is 0 Å². The molecule has 0 heterocycles. The van der Waals surface area contributed by atoms with E-state index in [0.29, 0.717) is 5.92 Å². The summed E-state index contributed by atoms with van der Waals surface area (Å²) in [6.45, 7) is 4.44. The minimum Gasteiger partial charge on any atom is -0.299 e. The zero-order chi connectivity index (χ0) is 11.1. The molecule has 0 amide bonds. The van der Waals surface area contributed by atoms with Crippen molar-refractivity contribution in [2.45, 2.75) is 46.0 Å². The molecule has 0 aromatic heterocycles. The Morgan fingerprint density at radius 1 is 1.27 bits per heavy atom. The SMILES string of the molecule is CC/C=C\C(=C/C=O)C1CCC(C)CC1. The lowest BCUT2D eigenvalue weighted by Crippen LogP contribution is -2.13. The van der Waals surface area contributed by atoms with Gasteiger partial charge in [0.1, 0.15) is 6.29 Å². The summed E-state index contributed by atoms with van der Waals surface area (Å²) in [5, 5.41) is 0. The molecule has 0 spiro atoms. The maximum Gasteiger partial charge on any atom is 0.143 e. The summed E-state index contributed by atoms with van der Waals surface area (Å²) >= 11 is 0. The summed E-state index contributed by atoms with van der Waals surface area (Å²) in [4.78, 5) is 10.6. The van der Waals surface area contributed by atoms with Crippen LogP contribution in [0.1, 0.15) is 46.0 Å². The maximum absolute atomic E-state index is 10.6. The molecule has 1 nitrogen and oxygen atoms in total. The molecule has 84 valence electrons. The van der Waals surface area contributed by atoms with Crippen LogP contribution in [0, 0.1) is 11.8 Å². The van der Waals surface area contributed by atoms with E-state index in [1.807, 2.05) is 0 Å². The van der Waals surface area contributed by atoms with Gasteiger partial charge in [0.15, 0.2) is 0 Å². The second-order valence-electron chi connectivity index (χ2n) is 4.57. The average molecular weight is 206 g/mol. The lowest BCUT2D eigenvalue weighted by Gasteiger charge is -2.26. The molecule has 0 aliphatic heterocycles. The monoisotopic (exact) mass is 206 g/mol. The lowest BCUT2D eigenvalue weighted by atomic mass is 9.79. The van der Waals surface area contributed by atoms with E-state index in [0.717, 1.165) is 18.6 Å². The smallest absolute Gasteiger partial charge is 0.143 e. The van der Waals surface area contributed by atoms with E-state index < -0.39 is 0 Å². The first-order valence-corrected chi connectivity index (χ1v) is 6.09. The molecule has 1 rings (SSSR count). The third-order valence-corrected chi connectivity index (χ3v) is 3.29. The second kappa shape index (κ2) is 6.60. The quantitative estimate of drug-likeness (QED) is 0.387. The van der Waals surface area contributed by atoms with Gasteiger partial charge in [0, 0.05) is 0 Å². The molecule has 0 atom stereocenters. The number of carbonyl (C=O) groups is 1. The van der Waals surface area contributed by atoms with E-state index in [9.17, 15) is 4.79 Å². The molecule has 0 aromatic carbocycles. The molecule has 1 aliphatic rings. The van der Waals surface area contributed by atoms with Gasteiger partial charge >= 0.3 is 0 Å². The Labute approximate surface area is 93.3 Å². The topological polar surface area (TPSA) is 17.1 Å². The van der Waals surface area contributed by atoms with E-state index >= 15 is 0 Å². The zero-order valence-electron chi connectivity index (χ0n) is 9.91. The van der Waals surface area contributed by atoms with Crippen molar-refractivity contribution in [2.75, 3.05) is 0 Å². The lowest BCUT2D eigenvalue weighted by molar-refractivity contribution is -0.104. The van der Waals surface area contributed by atoms with Crippen LogP contribution in [0.2, 0.25) is 0 Å². The maximum atomic E-state index is 10.6. The fourth-order valence-electron chi connectivity index (χ4n) is 2.25.